The van der Waals surface area contributed by atoms with Crippen molar-refractivity contribution in [1.29, 1.82) is 0 Å². The molecule has 8 heteroatoms. The topological polar surface area (TPSA) is 85.4 Å². The van der Waals surface area contributed by atoms with Gasteiger partial charge in [0.05, 0.1) is 13.2 Å². The van der Waals surface area contributed by atoms with Gasteiger partial charge in [-0.05, 0) is 12.5 Å². The van der Waals surface area contributed by atoms with Crippen molar-refractivity contribution in [1.82, 2.24) is 10.2 Å². The lowest BCUT2D eigenvalue weighted by atomic mass is 10.1. The molecule has 0 atom stereocenters. The van der Waals surface area contributed by atoms with Gasteiger partial charge in [0.25, 0.3) is 0 Å². The van der Waals surface area contributed by atoms with Gasteiger partial charge in [-0.2, -0.15) is 0 Å². The van der Waals surface area contributed by atoms with Gasteiger partial charge < -0.3 is 15.8 Å². The van der Waals surface area contributed by atoms with Crippen LogP contribution in [0.25, 0.3) is 10.6 Å². The number of aliphatic imine (C=N–C) groups is 1. The molecule has 2 aromatic rings. The van der Waals surface area contributed by atoms with Crippen molar-refractivity contribution in [2.75, 3.05) is 25.6 Å². The van der Waals surface area contributed by atoms with Crippen molar-refractivity contribution in [2.45, 2.75) is 6.92 Å². The zero-order valence-corrected chi connectivity index (χ0v) is 13.5. The maximum absolute atomic E-state index is 5.75. The first-order chi connectivity index (χ1) is 9.70. The average molecular weight is 328 g/mol. The summed E-state index contributed by atoms with van der Waals surface area (Å²) in [5.74, 6) is 0.314. The third-order valence-corrected chi connectivity index (χ3v) is 3.49. The average Bonchev–Trinajstić information content (AvgIpc) is 2.88. The first-order valence-corrected chi connectivity index (χ1v) is 6.97. The van der Waals surface area contributed by atoms with Crippen LogP contribution in [0, 0.1) is 6.92 Å². The van der Waals surface area contributed by atoms with E-state index in [0.29, 0.717) is 24.2 Å². The van der Waals surface area contributed by atoms with Crippen LogP contribution < -0.4 is 11.1 Å². The number of methoxy groups -OCH3 is 1. The molecule has 0 saturated carbocycles. The molecule has 6 nitrogen and oxygen atoms in total. The van der Waals surface area contributed by atoms with E-state index >= 15 is 0 Å². The predicted molar refractivity (Wildman–Crippen MR) is 89.3 cm³/mol. The van der Waals surface area contributed by atoms with Crippen molar-refractivity contribution in [3.05, 3.63) is 29.8 Å². The molecule has 3 N–H and O–H groups in total. The van der Waals surface area contributed by atoms with Crippen LogP contribution in [0.4, 0.5) is 5.13 Å². The van der Waals surface area contributed by atoms with E-state index in [9.17, 15) is 0 Å². The van der Waals surface area contributed by atoms with E-state index in [4.69, 9.17) is 10.5 Å². The highest BCUT2D eigenvalue weighted by molar-refractivity contribution is 7.18. The Labute approximate surface area is 133 Å². The minimum absolute atomic E-state index is 0. The summed E-state index contributed by atoms with van der Waals surface area (Å²) >= 11 is 1.44. The number of guanidine groups is 1. The van der Waals surface area contributed by atoms with Gasteiger partial charge >= 0.3 is 0 Å². The Morgan fingerprint density at radius 1 is 1.38 bits per heavy atom. The van der Waals surface area contributed by atoms with E-state index in [2.05, 4.69) is 20.5 Å². The number of rotatable bonds is 5. The lowest BCUT2D eigenvalue weighted by Crippen LogP contribution is -2.23. The number of hydrogen-bond acceptors (Lipinski definition) is 5. The Kier molecular flexibility index (Phi) is 7.07. The molecule has 2 rings (SSSR count). The fraction of sp³-hybridized carbons (Fsp3) is 0.308. The van der Waals surface area contributed by atoms with Gasteiger partial charge in [-0.15, -0.1) is 22.6 Å². The van der Waals surface area contributed by atoms with Crippen molar-refractivity contribution in [3.63, 3.8) is 0 Å². The second-order valence-corrected chi connectivity index (χ2v) is 5.09. The van der Waals surface area contributed by atoms with Gasteiger partial charge in [0.15, 0.2) is 5.96 Å². The van der Waals surface area contributed by atoms with Gasteiger partial charge in [-0.3, -0.25) is 4.99 Å². The second kappa shape index (κ2) is 8.56. The first-order valence-electron chi connectivity index (χ1n) is 6.16. The van der Waals surface area contributed by atoms with Crippen molar-refractivity contribution >= 4 is 34.8 Å². The van der Waals surface area contributed by atoms with Crippen LogP contribution >= 0.6 is 23.7 Å². The summed E-state index contributed by atoms with van der Waals surface area (Å²) in [4.78, 5) is 4.11. The van der Waals surface area contributed by atoms with Gasteiger partial charge in [0.1, 0.15) is 5.01 Å². The second-order valence-electron chi connectivity index (χ2n) is 4.11. The van der Waals surface area contributed by atoms with E-state index in [-0.39, 0.29) is 12.4 Å². The van der Waals surface area contributed by atoms with Gasteiger partial charge in [-0.25, -0.2) is 0 Å². The van der Waals surface area contributed by atoms with Crippen molar-refractivity contribution < 1.29 is 4.74 Å². The third-order valence-electron chi connectivity index (χ3n) is 2.61. The highest BCUT2D eigenvalue weighted by Crippen LogP contribution is 2.28. The lowest BCUT2D eigenvalue weighted by molar-refractivity contribution is 0.208. The lowest BCUT2D eigenvalue weighted by Gasteiger charge is -2.01. The quantitative estimate of drug-likeness (QED) is 0.500. The third kappa shape index (κ3) is 4.96. The fourth-order valence-corrected chi connectivity index (χ4v) is 2.44. The maximum atomic E-state index is 5.75. The molecule has 1 aromatic heterocycles. The van der Waals surface area contributed by atoms with Crippen LogP contribution in [0.3, 0.4) is 0 Å². The molecule has 0 aliphatic carbocycles. The first kappa shape index (κ1) is 17.4. The summed E-state index contributed by atoms with van der Waals surface area (Å²) in [7, 11) is 1.62. The molecular weight excluding hydrogens is 310 g/mol. The van der Waals surface area contributed by atoms with Crippen molar-refractivity contribution in [2.24, 2.45) is 10.7 Å². The molecule has 21 heavy (non-hydrogen) atoms. The van der Waals surface area contributed by atoms with Gasteiger partial charge in [0.2, 0.25) is 5.13 Å². The number of hydrogen-bond donors (Lipinski definition) is 2. The van der Waals surface area contributed by atoms with Gasteiger partial charge in [-0.1, -0.05) is 35.6 Å². The van der Waals surface area contributed by atoms with E-state index < -0.39 is 0 Å². The number of nitrogens with two attached hydrogens (primary N) is 1. The number of aryl methyl sites for hydroxylation is 1. The minimum atomic E-state index is 0. The molecule has 0 unspecified atom stereocenters. The van der Waals surface area contributed by atoms with Crippen LogP contribution in [-0.4, -0.2) is 36.4 Å². The SMILES string of the molecule is COCCN=C(N)Nc1nnc(-c2ccccc2C)s1.Cl. The maximum Gasteiger partial charge on any atom is 0.212 e. The summed E-state index contributed by atoms with van der Waals surface area (Å²) in [6.07, 6.45) is 0. The number of ether oxygens (including phenoxy) is 1. The summed E-state index contributed by atoms with van der Waals surface area (Å²) in [5, 5.41) is 12.6. The van der Waals surface area contributed by atoms with Crippen LogP contribution in [-0.2, 0) is 4.74 Å². The molecule has 1 heterocycles. The smallest absolute Gasteiger partial charge is 0.212 e. The molecule has 0 aliphatic rings. The summed E-state index contributed by atoms with van der Waals surface area (Å²) < 4.78 is 4.90. The molecule has 0 radical (unpaired) electrons. The molecule has 0 amide bonds. The molecule has 1 aromatic carbocycles. The molecule has 0 aliphatic heterocycles. The summed E-state index contributed by atoms with van der Waals surface area (Å²) in [6, 6.07) is 8.05. The fourth-order valence-electron chi connectivity index (χ4n) is 1.60. The monoisotopic (exact) mass is 327 g/mol. The Morgan fingerprint density at radius 3 is 2.86 bits per heavy atom. The predicted octanol–water partition coefficient (Wildman–Crippen LogP) is 2.31. The van der Waals surface area contributed by atoms with Crippen LogP contribution in [0.5, 0.6) is 0 Å². The number of nitrogens with one attached hydrogen (secondary N) is 1. The Hall–Kier alpha value is -1.70. The number of halogens is 1. The molecule has 0 saturated heterocycles. The Balaban J connectivity index is 0.00000220. The zero-order chi connectivity index (χ0) is 14.4. The van der Waals surface area contributed by atoms with E-state index in [1.165, 1.54) is 11.3 Å². The molecule has 0 fully saturated rings. The minimum Gasteiger partial charge on any atom is -0.383 e. The van der Waals surface area contributed by atoms with Crippen LogP contribution in [0.1, 0.15) is 5.56 Å². The van der Waals surface area contributed by atoms with Crippen LogP contribution in [0.15, 0.2) is 29.3 Å². The summed E-state index contributed by atoms with van der Waals surface area (Å²) in [5.41, 5.74) is 7.99. The van der Waals surface area contributed by atoms with E-state index in [1.807, 2.05) is 31.2 Å². The number of anilines is 1. The molecule has 0 spiro atoms. The molecule has 0 bridgehead atoms. The van der Waals surface area contributed by atoms with Gasteiger partial charge in [0, 0.05) is 12.7 Å². The highest BCUT2D eigenvalue weighted by atomic mass is 35.5. The van der Waals surface area contributed by atoms with E-state index in [0.717, 1.165) is 16.1 Å². The number of benzene rings is 1. The standard InChI is InChI=1S/C13H17N5OS.ClH/c1-9-5-3-4-6-10(9)11-17-18-13(20-11)16-12(14)15-7-8-19-2;/h3-6H,7-8H2,1-2H3,(H3,14,15,16,18);1H. The number of nitrogens with zero attached hydrogens (tertiary/aromatic N) is 3. The largest absolute Gasteiger partial charge is 0.383 e. The molecule has 114 valence electrons. The Bertz CT molecular complexity index is 602. The number of aromatic nitrogens is 2. The highest BCUT2D eigenvalue weighted by Gasteiger charge is 2.08. The zero-order valence-electron chi connectivity index (χ0n) is 11.9. The normalized spacial score (nSPS) is 11.0. The Morgan fingerprint density at radius 2 is 2.14 bits per heavy atom. The summed E-state index contributed by atoms with van der Waals surface area (Å²) in [6.45, 7) is 3.09. The molecular formula is C13H18ClN5OS. The van der Waals surface area contributed by atoms with Crippen molar-refractivity contribution in [3.8, 4) is 10.6 Å². The van der Waals surface area contributed by atoms with E-state index in [1.54, 1.807) is 7.11 Å². The van der Waals surface area contributed by atoms with Crippen LogP contribution in [0.2, 0.25) is 0 Å².